The molecule has 0 fully saturated rings. The van der Waals surface area contributed by atoms with Gasteiger partial charge in [0.25, 0.3) is 0 Å². The van der Waals surface area contributed by atoms with Crippen molar-refractivity contribution < 1.29 is 0 Å². The lowest BCUT2D eigenvalue weighted by Crippen LogP contribution is -1.88. The van der Waals surface area contributed by atoms with Crippen LogP contribution in [0.15, 0.2) is 36.4 Å². The summed E-state index contributed by atoms with van der Waals surface area (Å²) in [5.74, 6) is 0. The van der Waals surface area contributed by atoms with Crippen LogP contribution in [0.5, 0.6) is 0 Å². The fourth-order valence-corrected chi connectivity index (χ4v) is 2.23. The van der Waals surface area contributed by atoms with Crippen LogP contribution < -0.4 is 0 Å². The average molecular weight is 258 g/mol. The lowest BCUT2D eigenvalue weighted by molar-refractivity contribution is 1.34. The highest BCUT2D eigenvalue weighted by Crippen LogP contribution is 2.27. The predicted molar refractivity (Wildman–Crippen MR) is 91.0 cm³/mol. The topological polar surface area (TPSA) is 0 Å². The molecule has 0 spiro atoms. The van der Waals surface area contributed by atoms with Gasteiger partial charge >= 0.3 is 0 Å². The van der Waals surface area contributed by atoms with Gasteiger partial charge in [-0.25, -0.2) is 0 Å². The number of benzene rings is 2. The molecule has 0 saturated heterocycles. The molecule has 0 atom stereocenters. The molecule has 19 heavy (non-hydrogen) atoms. The standard InChI is InChI=1S/C16H18.3CH4/c1-11-5-7-15(13(3)9-11)16-8-6-12(2)10-14(16)4;;;/h5-10H,1-4H3;3*1H4. The van der Waals surface area contributed by atoms with E-state index in [1.54, 1.807) is 0 Å². The number of aryl methyl sites for hydroxylation is 4. The summed E-state index contributed by atoms with van der Waals surface area (Å²) in [7, 11) is 0. The molecule has 0 heterocycles. The minimum atomic E-state index is 0. The summed E-state index contributed by atoms with van der Waals surface area (Å²) in [6, 6.07) is 13.3. The van der Waals surface area contributed by atoms with Crippen LogP contribution in [0.25, 0.3) is 11.1 Å². The maximum Gasteiger partial charge on any atom is -0.0152 e. The molecule has 2 aromatic rings. The Bertz CT molecular complexity index is 472. The summed E-state index contributed by atoms with van der Waals surface area (Å²) < 4.78 is 0. The van der Waals surface area contributed by atoms with E-state index < -0.39 is 0 Å². The van der Waals surface area contributed by atoms with Gasteiger partial charge in [0.05, 0.1) is 0 Å². The molecular weight excluding hydrogens is 228 g/mol. The van der Waals surface area contributed by atoms with E-state index in [0.717, 1.165) is 0 Å². The third-order valence-corrected chi connectivity index (χ3v) is 3.05. The van der Waals surface area contributed by atoms with Crippen LogP contribution in [-0.2, 0) is 0 Å². The predicted octanol–water partition coefficient (Wildman–Crippen LogP) is 6.50. The number of hydrogen-bond donors (Lipinski definition) is 0. The van der Waals surface area contributed by atoms with Crippen molar-refractivity contribution in [2.75, 3.05) is 0 Å². The zero-order chi connectivity index (χ0) is 11.7. The van der Waals surface area contributed by atoms with E-state index >= 15 is 0 Å². The summed E-state index contributed by atoms with van der Waals surface area (Å²) >= 11 is 0. The zero-order valence-electron chi connectivity index (χ0n) is 10.5. The molecule has 0 bridgehead atoms. The van der Waals surface area contributed by atoms with E-state index in [1.807, 2.05) is 0 Å². The van der Waals surface area contributed by atoms with Gasteiger partial charge in [-0.3, -0.25) is 0 Å². The van der Waals surface area contributed by atoms with E-state index in [4.69, 9.17) is 0 Å². The Morgan fingerprint density at radius 2 is 0.842 bits per heavy atom. The lowest BCUT2D eigenvalue weighted by Gasteiger charge is -2.10. The Labute approximate surface area is 120 Å². The van der Waals surface area contributed by atoms with E-state index in [-0.39, 0.29) is 22.3 Å². The van der Waals surface area contributed by atoms with Crippen LogP contribution >= 0.6 is 0 Å². The smallest absolute Gasteiger partial charge is 0.0152 e. The normalized spacial score (nSPS) is 8.84. The van der Waals surface area contributed by atoms with Crippen molar-refractivity contribution in [1.82, 2.24) is 0 Å². The molecule has 0 N–H and O–H groups in total. The Kier molecular flexibility index (Phi) is 8.10. The molecule has 0 radical (unpaired) electrons. The molecule has 2 rings (SSSR count). The van der Waals surface area contributed by atoms with Gasteiger partial charge in [0.15, 0.2) is 0 Å². The van der Waals surface area contributed by atoms with Gasteiger partial charge in [-0.05, 0) is 49.9 Å². The van der Waals surface area contributed by atoms with E-state index in [9.17, 15) is 0 Å². The molecule has 0 aromatic heterocycles. The fraction of sp³-hybridized carbons (Fsp3) is 0.368. The quantitative estimate of drug-likeness (QED) is 0.548. The summed E-state index contributed by atoms with van der Waals surface area (Å²) in [4.78, 5) is 0. The minimum Gasteiger partial charge on any atom is -0.0776 e. The summed E-state index contributed by atoms with van der Waals surface area (Å²) in [5.41, 5.74) is 8.06. The number of rotatable bonds is 1. The molecule has 0 unspecified atom stereocenters. The Morgan fingerprint density at radius 3 is 1.11 bits per heavy atom. The SMILES string of the molecule is C.C.C.Cc1ccc(-c2ccc(C)cc2C)c(C)c1. The van der Waals surface area contributed by atoms with Crippen LogP contribution in [0.1, 0.15) is 44.5 Å². The minimum absolute atomic E-state index is 0. The maximum absolute atomic E-state index is 2.24. The van der Waals surface area contributed by atoms with Crippen molar-refractivity contribution in [3.63, 3.8) is 0 Å². The monoisotopic (exact) mass is 258 g/mol. The van der Waals surface area contributed by atoms with Gasteiger partial charge in [-0.15, -0.1) is 0 Å². The molecule has 0 aliphatic rings. The molecule has 0 nitrogen and oxygen atoms in total. The molecule has 0 aliphatic carbocycles. The second-order valence-electron chi connectivity index (χ2n) is 4.64. The van der Waals surface area contributed by atoms with Crippen molar-refractivity contribution in [2.24, 2.45) is 0 Å². The first-order chi connectivity index (χ1) is 7.58. The summed E-state index contributed by atoms with van der Waals surface area (Å²) in [5, 5.41) is 0. The van der Waals surface area contributed by atoms with E-state index in [0.29, 0.717) is 0 Å². The van der Waals surface area contributed by atoms with Gasteiger partial charge in [-0.2, -0.15) is 0 Å². The first kappa shape index (κ1) is 19.8. The largest absolute Gasteiger partial charge is 0.0776 e. The third kappa shape index (κ3) is 4.24. The first-order valence-corrected chi connectivity index (χ1v) is 5.73. The van der Waals surface area contributed by atoms with Crippen LogP contribution in [0, 0.1) is 27.7 Å². The molecular formula is C19H30. The molecule has 106 valence electrons. The maximum atomic E-state index is 2.24. The summed E-state index contributed by atoms with van der Waals surface area (Å²) in [6.45, 7) is 8.64. The molecule has 0 heteroatoms. The van der Waals surface area contributed by atoms with Gasteiger partial charge in [0, 0.05) is 0 Å². The van der Waals surface area contributed by atoms with E-state index in [2.05, 4.69) is 64.1 Å². The van der Waals surface area contributed by atoms with Gasteiger partial charge < -0.3 is 0 Å². The Morgan fingerprint density at radius 1 is 0.526 bits per heavy atom. The van der Waals surface area contributed by atoms with Crippen LogP contribution in [0.4, 0.5) is 0 Å². The number of hydrogen-bond acceptors (Lipinski definition) is 0. The second kappa shape index (κ2) is 7.78. The fourth-order valence-electron chi connectivity index (χ4n) is 2.23. The van der Waals surface area contributed by atoms with Crippen LogP contribution in [0.2, 0.25) is 0 Å². The first-order valence-electron chi connectivity index (χ1n) is 5.73. The van der Waals surface area contributed by atoms with Crippen molar-refractivity contribution in [1.29, 1.82) is 0 Å². The highest BCUT2D eigenvalue weighted by atomic mass is 14.1. The Balaban J connectivity index is 0. The Hall–Kier alpha value is -1.56. The molecule has 0 aliphatic heterocycles. The van der Waals surface area contributed by atoms with Crippen molar-refractivity contribution in [3.05, 3.63) is 58.7 Å². The average Bonchev–Trinajstić information content (AvgIpc) is 2.19. The van der Waals surface area contributed by atoms with Crippen LogP contribution in [0.3, 0.4) is 0 Å². The highest BCUT2D eigenvalue weighted by molar-refractivity contribution is 5.71. The third-order valence-electron chi connectivity index (χ3n) is 3.05. The van der Waals surface area contributed by atoms with Crippen molar-refractivity contribution in [2.45, 2.75) is 50.0 Å². The second-order valence-corrected chi connectivity index (χ2v) is 4.64. The lowest BCUT2D eigenvalue weighted by atomic mass is 9.94. The van der Waals surface area contributed by atoms with Gasteiger partial charge in [0.1, 0.15) is 0 Å². The van der Waals surface area contributed by atoms with Crippen molar-refractivity contribution in [3.8, 4) is 11.1 Å². The van der Waals surface area contributed by atoms with Crippen molar-refractivity contribution >= 4 is 0 Å². The summed E-state index contributed by atoms with van der Waals surface area (Å²) in [6.07, 6.45) is 0. The molecule has 0 amide bonds. The van der Waals surface area contributed by atoms with Gasteiger partial charge in [0.2, 0.25) is 0 Å². The molecule has 0 saturated carbocycles. The zero-order valence-corrected chi connectivity index (χ0v) is 10.5. The van der Waals surface area contributed by atoms with E-state index in [1.165, 1.54) is 33.4 Å². The highest BCUT2D eigenvalue weighted by Gasteiger charge is 2.04. The van der Waals surface area contributed by atoms with Gasteiger partial charge in [-0.1, -0.05) is 69.8 Å². The van der Waals surface area contributed by atoms with Crippen LogP contribution in [-0.4, -0.2) is 0 Å². The molecule has 2 aromatic carbocycles.